The van der Waals surface area contributed by atoms with Gasteiger partial charge in [0.25, 0.3) is 10.0 Å². The van der Waals surface area contributed by atoms with Crippen molar-refractivity contribution in [2.24, 2.45) is 0 Å². The van der Waals surface area contributed by atoms with E-state index in [2.05, 4.69) is 5.32 Å². The standard InChI is InChI=1S/C32H40FN3O5S/c1-6-24(5)34-32(38)30(7-2)35(21-25-11-9-10-23(4)20-25)31(37)22-36(27-14-16-28(17-15-27)41-8-3)42(39,40)29-18-12-26(33)13-19-29/h9-20,24,30H,6-8,21-22H2,1-5H3,(H,34,38)/t24-,30-/m1/s1. The Hall–Kier alpha value is -3.92. The van der Waals surface area contributed by atoms with Gasteiger partial charge in [-0.05, 0) is 87.7 Å². The summed E-state index contributed by atoms with van der Waals surface area (Å²) in [6, 6.07) is 17.5. The third-order valence-electron chi connectivity index (χ3n) is 6.94. The SMILES string of the molecule is CCOc1ccc(N(CC(=O)N(Cc2cccc(C)c2)[C@H](CC)C(=O)N[C@H](C)CC)S(=O)(=O)c2ccc(F)cc2)cc1. The van der Waals surface area contributed by atoms with Gasteiger partial charge in [-0.25, -0.2) is 12.8 Å². The van der Waals surface area contributed by atoms with Crippen molar-refractivity contribution in [3.05, 3.63) is 89.7 Å². The molecule has 0 saturated heterocycles. The second-order valence-electron chi connectivity index (χ2n) is 10.1. The van der Waals surface area contributed by atoms with E-state index in [4.69, 9.17) is 4.74 Å². The lowest BCUT2D eigenvalue weighted by Crippen LogP contribution is -2.53. The minimum Gasteiger partial charge on any atom is -0.494 e. The van der Waals surface area contributed by atoms with Crippen LogP contribution < -0.4 is 14.4 Å². The summed E-state index contributed by atoms with van der Waals surface area (Å²) in [6.45, 7) is 9.40. The number of anilines is 1. The van der Waals surface area contributed by atoms with Gasteiger partial charge in [0.05, 0.1) is 17.2 Å². The molecule has 42 heavy (non-hydrogen) atoms. The molecule has 0 fully saturated rings. The first-order valence-corrected chi connectivity index (χ1v) is 15.6. The summed E-state index contributed by atoms with van der Waals surface area (Å²) in [7, 11) is -4.30. The maximum absolute atomic E-state index is 14.1. The summed E-state index contributed by atoms with van der Waals surface area (Å²) in [4.78, 5) is 28.8. The maximum Gasteiger partial charge on any atom is 0.264 e. The van der Waals surface area contributed by atoms with Crippen molar-refractivity contribution in [2.45, 2.75) is 71.0 Å². The lowest BCUT2D eigenvalue weighted by molar-refractivity contribution is -0.140. The fourth-order valence-corrected chi connectivity index (χ4v) is 5.92. The Morgan fingerprint density at radius 2 is 1.62 bits per heavy atom. The van der Waals surface area contributed by atoms with Crippen molar-refractivity contribution in [3.63, 3.8) is 0 Å². The van der Waals surface area contributed by atoms with Crippen molar-refractivity contribution >= 4 is 27.5 Å². The van der Waals surface area contributed by atoms with Gasteiger partial charge < -0.3 is 15.0 Å². The summed E-state index contributed by atoms with van der Waals surface area (Å²) in [6.07, 6.45) is 1.04. The van der Waals surface area contributed by atoms with E-state index in [0.29, 0.717) is 18.8 Å². The number of amides is 2. The van der Waals surface area contributed by atoms with E-state index < -0.39 is 34.3 Å². The zero-order valence-corrected chi connectivity index (χ0v) is 25.7. The van der Waals surface area contributed by atoms with Crippen molar-refractivity contribution in [1.29, 1.82) is 0 Å². The molecule has 0 aliphatic heterocycles. The van der Waals surface area contributed by atoms with Gasteiger partial charge >= 0.3 is 0 Å². The molecule has 0 heterocycles. The van der Waals surface area contributed by atoms with Crippen LogP contribution in [0.25, 0.3) is 0 Å². The highest BCUT2D eigenvalue weighted by Gasteiger charge is 2.34. The van der Waals surface area contributed by atoms with Crippen LogP contribution in [-0.4, -0.2) is 50.4 Å². The van der Waals surface area contributed by atoms with E-state index in [1.807, 2.05) is 58.9 Å². The minimum atomic E-state index is -4.30. The van der Waals surface area contributed by atoms with E-state index in [1.165, 1.54) is 4.90 Å². The molecule has 8 nitrogen and oxygen atoms in total. The molecule has 0 unspecified atom stereocenters. The average molecular weight is 598 g/mol. The smallest absolute Gasteiger partial charge is 0.264 e. The summed E-state index contributed by atoms with van der Waals surface area (Å²) in [5, 5.41) is 2.96. The largest absolute Gasteiger partial charge is 0.494 e. The normalized spacial score (nSPS) is 12.7. The van der Waals surface area contributed by atoms with E-state index in [0.717, 1.165) is 46.1 Å². The molecular formula is C32H40FN3O5S. The predicted molar refractivity (Wildman–Crippen MR) is 162 cm³/mol. The van der Waals surface area contributed by atoms with Gasteiger partial charge in [0.2, 0.25) is 11.8 Å². The van der Waals surface area contributed by atoms with E-state index in [1.54, 1.807) is 24.3 Å². The number of carbonyl (C=O) groups is 2. The molecule has 0 bridgehead atoms. The fourth-order valence-electron chi connectivity index (χ4n) is 4.51. The van der Waals surface area contributed by atoms with Crippen LogP contribution >= 0.6 is 0 Å². The Labute approximate surface area is 248 Å². The number of nitrogens with zero attached hydrogens (tertiary/aromatic N) is 2. The third-order valence-corrected chi connectivity index (χ3v) is 8.73. The van der Waals surface area contributed by atoms with Gasteiger partial charge in [-0.15, -0.1) is 0 Å². The Morgan fingerprint density at radius 1 is 0.952 bits per heavy atom. The van der Waals surface area contributed by atoms with Gasteiger partial charge in [0, 0.05) is 12.6 Å². The maximum atomic E-state index is 14.1. The monoisotopic (exact) mass is 597 g/mol. The second kappa shape index (κ2) is 14.8. The van der Waals surface area contributed by atoms with Crippen LogP contribution in [0.5, 0.6) is 5.75 Å². The van der Waals surface area contributed by atoms with E-state index >= 15 is 0 Å². The number of hydrogen-bond acceptors (Lipinski definition) is 5. The van der Waals surface area contributed by atoms with Crippen molar-refractivity contribution in [1.82, 2.24) is 10.2 Å². The van der Waals surface area contributed by atoms with Crippen molar-refractivity contribution in [3.8, 4) is 5.75 Å². The zero-order chi connectivity index (χ0) is 30.9. The number of aryl methyl sites for hydroxylation is 1. The predicted octanol–water partition coefficient (Wildman–Crippen LogP) is 5.45. The molecule has 0 aromatic heterocycles. The summed E-state index contributed by atoms with van der Waals surface area (Å²) in [5.74, 6) is -0.898. The number of ether oxygens (including phenoxy) is 1. The van der Waals surface area contributed by atoms with Gasteiger partial charge in [0.1, 0.15) is 24.2 Å². The van der Waals surface area contributed by atoms with Crippen molar-refractivity contribution in [2.75, 3.05) is 17.5 Å². The molecule has 2 amide bonds. The lowest BCUT2D eigenvalue weighted by atomic mass is 10.1. The Kier molecular flexibility index (Phi) is 11.5. The van der Waals surface area contributed by atoms with Crippen LogP contribution in [0, 0.1) is 12.7 Å². The molecule has 0 saturated carbocycles. The van der Waals surface area contributed by atoms with Crippen LogP contribution in [0.1, 0.15) is 51.7 Å². The number of sulfonamides is 1. The van der Waals surface area contributed by atoms with Crippen LogP contribution in [0.2, 0.25) is 0 Å². The Bertz CT molecular complexity index is 1450. The molecular weight excluding hydrogens is 557 g/mol. The third kappa shape index (κ3) is 8.31. The first-order chi connectivity index (χ1) is 20.0. The molecule has 0 aliphatic rings. The van der Waals surface area contributed by atoms with Gasteiger partial charge in [0.15, 0.2) is 0 Å². The minimum absolute atomic E-state index is 0.0957. The molecule has 0 aliphatic carbocycles. The molecule has 0 spiro atoms. The number of carbonyl (C=O) groups excluding carboxylic acids is 2. The van der Waals surface area contributed by atoms with Gasteiger partial charge in [-0.2, -0.15) is 0 Å². The molecule has 226 valence electrons. The number of halogens is 1. The Balaban J connectivity index is 2.06. The molecule has 2 atom stereocenters. The average Bonchev–Trinajstić information content (AvgIpc) is 2.96. The molecule has 3 rings (SSSR count). The first-order valence-electron chi connectivity index (χ1n) is 14.2. The second-order valence-corrected chi connectivity index (χ2v) is 12.0. The number of rotatable bonds is 14. The van der Waals surface area contributed by atoms with E-state index in [9.17, 15) is 22.4 Å². The number of benzene rings is 3. The van der Waals surface area contributed by atoms with Crippen LogP contribution in [0.3, 0.4) is 0 Å². The van der Waals surface area contributed by atoms with Crippen LogP contribution in [-0.2, 0) is 26.2 Å². The molecule has 10 heteroatoms. The topological polar surface area (TPSA) is 96.0 Å². The first kappa shape index (κ1) is 32.6. The Morgan fingerprint density at radius 3 is 2.19 bits per heavy atom. The van der Waals surface area contributed by atoms with Crippen molar-refractivity contribution < 1.29 is 27.1 Å². The molecule has 0 radical (unpaired) electrons. The van der Waals surface area contributed by atoms with Gasteiger partial charge in [-0.1, -0.05) is 43.7 Å². The zero-order valence-electron chi connectivity index (χ0n) is 24.8. The quantitative estimate of drug-likeness (QED) is 0.267. The summed E-state index contributed by atoms with van der Waals surface area (Å²) < 4.78 is 47.9. The van der Waals surface area contributed by atoms with E-state index in [-0.39, 0.29) is 29.1 Å². The highest BCUT2D eigenvalue weighted by Crippen LogP contribution is 2.27. The summed E-state index contributed by atoms with van der Waals surface area (Å²) >= 11 is 0. The highest BCUT2D eigenvalue weighted by molar-refractivity contribution is 7.92. The highest BCUT2D eigenvalue weighted by atomic mass is 32.2. The molecule has 3 aromatic carbocycles. The molecule has 1 N–H and O–H groups in total. The number of nitrogens with one attached hydrogen (secondary N) is 1. The number of hydrogen-bond donors (Lipinski definition) is 1. The van der Waals surface area contributed by atoms with Crippen LogP contribution in [0.15, 0.2) is 77.7 Å². The molecule has 3 aromatic rings. The summed E-state index contributed by atoms with van der Waals surface area (Å²) in [5.41, 5.74) is 2.03. The lowest BCUT2D eigenvalue weighted by Gasteiger charge is -2.33. The fraction of sp³-hybridized carbons (Fsp3) is 0.375. The van der Waals surface area contributed by atoms with Crippen LogP contribution in [0.4, 0.5) is 10.1 Å². The van der Waals surface area contributed by atoms with Gasteiger partial charge in [-0.3, -0.25) is 13.9 Å².